The molecule has 12 rings (SSSR count). The lowest BCUT2D eigenvalue weighted by Crippen LogP contribution is -2.17. The molecule has 0 spiro atoms. The molecule has 0 atom stereocenters. The van der Waals surface area contributed by atoms with Crippen LogP contribution in [0.15, 0.2) is 200 Å². The highest BCUT2D eigenvalue weighted by molar-refractivity contribution is 6.12. The third kappa shape index (κ3) is 6.15. The van der Waals surface area contributed by atoms with Crippen molar-refractivity contribution in [1.29, 1.82) is 0 Å². The average molecular weight is 811 g/mol. The molecule has 10 aromatic rings. The zero-order valence-electron chi connectivity index (χ0n) is 36.1. The van der Waals surface area contributed by atoms with Crippen LogP contribution in [0.25, 0.3) is 71.6 Å². The van der Waals surface area contributed by atoms with Gasteiger partial charge < -0.3 is 9.47 Å². The first-order chi connectivity index (χ1) is 31.0. The summed E-state index contributed by atoms with van der Waals surface area (Å²) in [5.41, 5.74) is 18.6. The van der Waals surface area contributed by atoms with Gasteiger partial charge in [-0.3, -0.25) is 0 Å². The minimum atomic E-state index is -0.145. The van der Waals surface area contributed by atoms with Gasteiger partial charge in [0.2, 0.25) is 0 Å². The number of hydrogen-bond donors (Lipinski definition) is 0. The third-order valence-electron chi connectivity index (χ3n) is 14.4. The molecular formula is C61H50N2. The van der Waals surface area contributed by atoms with Crippen molar-refractivity contribution in [2.45, 2.75) is 57.3 Å². The van der Waals surface area contributed by atoms with Gasteiger partial charge >= 0.3 is 0 Å². The Morgan fingerprint density at radius 2 is 1.10 bits per heavy atom. The van der Waals surface area contributed by atoms with Crippen molar-refractivity contribution in [1.82, 2.24) is 4.57 Å². The molecule has 0 amide bonds. The van der Waals surface area contributed by atoms with Crippen molar-refractivity contribution < 1.29 is 0 Å². The lowest BCUT2D eigenvalue weighted by atomic mass is 9.82. The maximum Gasteiger partial charge on any atom is 0.0561 e. The minimum absolute atomic E-state index is 0.145. The van der Waals surface area contributed by atoms with Gasteiger partial charge in [-0.25, -0.2) is 0 Å². The molecule has 1 saturated carbocycles. The highest BCUT2D eigenvalue weighted by Crippen LogP contribution is 2.52. The summed E-state index contributed by atoms with van der Waals surface area (Å²) in [4.78, 5) is 2.52. The molecule has 63 heavy (non-hydrogen) atoms. The van der Waals surface area contributed by atoms with E-state index < -0.39 is 0 Å². The van der Waals surface area contributed by atoms with Crippen LogP contribution in [-0.2, 0) is 5.41 Å². The fourth-order valence-corrected chi connectivity index (χ4v) is 11.3. The Kier molecular flexibility index (Phi) is 8.97. The molecule has 0 unspecified atom stereocenters. The van der Waals surface area contributed by atoms with Crippen LogP contribution in [0.3, 0.4) is 0 Å². The Labute approximate surface area is 370 Å². The van der Waals surface area contributed by atoms with E-state index in [1.807, 2.05) is 0 Å². The number of para-hydroxylation sites is 2. The predicted octanol–water partition coefficient (Wildman–Crippen LogP) is 17.1. The fraction of sp³-hybridized carbons (Fsp3) is 0.148. The number of rotatable bonds is 7. The standard InChI is InChI=1S/C61H50N2/c1-61(2)55-28-12-9-23-49(55)50-37-35-46(39-56(50)61)62(57-29-13-11-25-52(57)54-27-16-22-44-21-15-26-48(60(44)54)43-19-7-4-8-20-43)47-36-38-53-51-24-10-14-30-58(51)63(59(53)40-47)45-33-31-42(32-34-45)41-17-5-3-6-18-41/h4,7-16,19-41H,3,5-6,17-18H2,1-2H3. The normalized spacial score (nSPS) is 14.6. The highest BCUT2D eigenvalue weighted by atomic mass is 15.1. The number of aromatic nitrogens is 1. The summed E-state index contributed by atoms with van der Waals surface area (Å²) >= 11 is 0. The number of nitrogens with zero attached hydrogens (tertiary/aromatic N) is 2. The molecule has 0 aliphatic heterocycles. The Hall–Kier alpha value is -7.16. The van der Waals surface area contributed by atoms with Crippen LogP contribution < -0.4 is 4.90 Å². The summed E-state index contributed by atoms with van der Waals surface area (Å²) in [6, 6.07) is 75.0. The molecule has 0 radical (unpaired) electrons. The summed E-state index contributed by atoms with van der Waals surface area (Å²) < 4.78 is 2.49. The van der Waals surface area contributed by atoms with E-state index in [2.05, 4.69) is 224 Å². The second-order valence-corrected chi connectivity index (χ2v) is 18.3. The van der Waals surface area contributed by atoms with Gasteiger partial charge in [-0.2, -0.15) is 0 Å². The Balaban J connectivity index is 1.10. The van der Waals surface area contributed by atoms with Crippen molar-refractivity contribution in [3.8, 4) is 39.1 Å². The summed E-state index contributed by atoms with van der Waals surface area (Å²) in [5, 5.41) is 5.01. The van der Waals surface area contributed by atoms with Crippen LogP contribution in [0.1, 0.15) is 68.6 Å². The van der Waals surface area contributed by atoms with Gasteiger partial charge in [-0.1, -0.05) is 185 Å². The van der Waals surface area contributed by atoms with E-state index in [-0.39, 0.29) is 5.41 Å². The first-order valence-corrected chi connectivity index (χ1v) is 22.9. The summed E-state index contributed by atoms with van der Waals surface area (Å²) in [6.07, 6.45) is 6.64. The maximum atomic E-state index is 2.52. The second kappa shape index (κ2) is 15.0. The van der Waals surface area contributed by atoms with Gasteiger partial charge in [0.15, 0.2) is 0 Å². The van der Waals surface area contributed by atoms with Crippen molar-refractivity contribution in [2.75, 3.05) is 4.90 Å². The smallest absolute Gasteiger partial charge is 0.0561 e. The van der Waals surface area contributed by atoms with Crippen LogP contribution in [0.2, 0.25) is 0 Å². The Bertz CT molecular complexity index is 3340. The van der Waals surface area contributed by atoms with Gasteiger partial charge in [0.25, 0.3) is 0 Å². The van der Waals surface area contributed by atoms with E-state index in [0.717, 1.165) is 17.1 Å². The third-order valence-corrected chi connectivity index (χ3v) is 14.4. The van der Waals surface area contributed by atoms with Crippen LogP contribution in [0, 0.1) is 0 Å². The topological polar surface area (TPSA) is 8.17 Å². The number of benzene rings is 9. The van der Waals surface area contributed by atoms with Crippen molar-refractivity contribution in [2.24, 2.45) is 0 Å². The molecule has 2 aliphatic rings. The second-order valence-electron chi connectivity index (χ2n) is 18.3. The average Bonchev–Trinajstić information content (AvgIpc) is 3.79. The van der Waals surface area contributed by atoms with E-state index in [9.17, 15) is 0 Å². The SMILES string of the molecule is CC1(C)c2ccccc2-c2ccc(N(c3ccc4c5ccccc5n(-c5ccc(C6CCCCC6)cc5)c4c3)c3ccccc3-c3cccc4cccc(-c5ccccc5)c34)cc21. The van der Waals surface area contributed by atoms with Crippen molar-refractivity contribution in [3.05, 3.63) is 217 Å². The Morgan fingerprint density at radius 1 is 0.460 bits per heavy atom. The largest absolute Gasteiger partial charge is 0.310 e. The van der Waals surface area contributed by atoms with Gasteiger partial charge in [0.1, 0.15) is 0 Å². The predicted molar refractivity (Wildman–Crippen MR) is 267 cm³/mol. The Morgan fingerprint density at radius 3 is 1.92 bits per heavy atom. The first kappa shape index (κ1) is 37.6. The lowest BCUT2D eigenvalue weighted by Gasteiger charge is -2.30. The fourth-order valence-electron chi connectivity index (χ4n) is 11.3. The molecule has 9 aromatic carbocycles. The zero-order chi connectivity index (χ0) is 42.1. The molecule has 0 bridgehead atoms. The van der Waals surface area contributed by atoms with E-state index >= 15 is 0 Å². The molecule has 0 N–H and O–H groups in total. The van der Waals surface area contributed by atoms with Gasteiger partial charge in [0, 0.05) is 38.8 Å². The monoisotopic (exact) mass is 810 g/mol. The number of hydrogen-bond acceptors (Lipinski definition) is 1. The summed E-state index contributed by atoms with van der Waals surface area (Å²) in [5.74, 6) is 0.668. The van der Waals surface area contributed by atoms with Crippen LogP contribution in [0.5, 0.6) is 0 Å². The zero-order valence-corrected chi connectivity index (χ0v) is 36.1. The van der Waals surface area contributed by atoms with Crippen molar-refractivity contribution in [3.63, 3.8) is 0 Å². The lowest BCUT2D eigenvalue weighted by molar-refractivity contribution is 0.443. The molecule has 2 nitrogen and oxygen atoms in total. The van der Waals surface area contributed by atoms with Crippen molar-refractivity contribution >= 4 is 49.6 Å². The van der Waals surface area contributed by atoms with Gasteiger partial charge in [-0.05, 0) is 123 Å². The quantitative estimate of drug-likeness (QED) is 0.156. The molecule has 304 valence electrons. The first-order valence-electron chi connectivity index (χ1n) is 22.9. The molecular weight excluding hydrogens is 761 g/mol. The van der Waals surface area contributed by atoms with Crippen LogP contribution in [-0.4, -0.2) is 4.57 Å². The number of anilines is 3. The molecule has 2 aliphatic carbocycles. The molecule has 1 aromatic heterocycles. The molecule has 2 heteroatoms. The highest BCUT2D eigenvalue weighted by Gasteiger charge is 2.36. The molecule has 0 saturated heterocycles. The van der Waals surface area contributed by atoms with Gasteiger partial charge in [-0.15, -0.1) is 0 Å². The summed E-state index contributed by atoms with van der Waals surface area (Å²) in [6.45, 7) is 4.76. The maximum absolute atomic E-state index is 2.52. The summed E-state index contributed by atoms with van der Waals surface area (Å²) in [7, 11) is 0. The molecule has 1 fully saturated rings. The number of fused-ring (bicyclic) bond motifs is 7. The van der Waals surface area contributed by atoms with Gasteiger partial charge in [0.05, 0.1) is 16.7 Å². The van der Waals surface area contributed by atoms with E-state index in [1.165, 1.54) is 120 Å². The van der Waals surface area contributed by atoms with E-state index in [0.29, 0.717) is 5.92 Å². The van der Waals surface area contributed by atoms with Crippen LogP contribution in [0.4, 0.5) is 17.1 Å². The van der Waals surface area contributed by atoms with E-state index in [1.54, 1.807) is 0 Å². The van der Waals surface area contributed by atoms with E-state index in [4.69, 9.17) is 0 Å². The van der Waals surface area contributed by atoms with Crippen LogP contribution >= 0.6 is 0 Å². The minimum Gasteiger partial charge on any atom is -0.310 e. The molecule has 1 heterocycles.